The third-order valence-electron chi connectivity index (χ3n) is 1.91. The van der Waals surface area contributed by atoms with Crippen LogP contribution in [0.15, 0.2) is 17.5 Å². The molecule has 0 spiro atoms. The van der Waals surface area contributed by atoms with Gasteiger partial charge in [-0.05, 0) is 33.2 Å². The van der Waals surface area contributed by atoms with Crippen molar-refractivity contribution in [2.75, 3.05) is 30.8 Å². The number of hydrogen-bond donors (Lipinski definition) is 0. The van der Waals surface area contributed by atoms with Crippen molar-refractivity contribution in [3.8, 4) is 0 Å². The van der Waals surface area contributed by atoms with Gasteiger partial charge in [-0.1, -0.05) is 6.07 Å². The van der Waals surface area contributed by atoms with Gasteiger partial charge in [-0.3, -0.25) is 0 Å². The van der Waals surface area contributed by atoms with Crippen molar-refractivity contribution in [3.63, 3.8) is 0 Å². The van der Waals surface area contributed by atoms with E-state index in [2.05, 4.69) is 42.5 Å². The van der Waals surface area contributed by atoms with Crippen LogP contribution in [0.25, 0.3) is 0 Å². The van der Waals surface area contributed by atoms with E-state index in [0.717, 1.165) is 5.25 Å². The summed E-state index contributed by atoms with van der Waals surface area (Å²) in [5.41, 5.74) is 0. The summed E-state index contributed by atoms with van der Waals surface area (Å²) in [6, 6.07) is 4.46. The molecule has 1 rings (SSSR count). The van der Waals surface area contributed by atoms with E-state index in [4.69, 9.17) is 0 Å². The Labute approximate surface area is 91.4 Å². The van der Waals surface area contributed by atoms with Gasteiger partial charge >= 0.3 is 0 Å². The molecule has 0 saturated carbocycles. The van der Waals surface area contributed by atoms with Crippen LogP contribution in [0.2, 0.25) is 0 Å². The molecular formula is C10H18S3+2. The Morgan fingerprint density at radius 2 is 2.00 bits per heavy atom. The van der Waals surface area contributed by atoms with Gasteiger partial charge in [-0.25, -0.2) is 0 Å². The summed E-state index contributed by atoms with van der Waals surface area (Å²) in [5.74, 6) is 1.36. The van der Waals surface area contributed by atoms with E-state index in [9.17, 15) is 0 Å². The largest absolute Gasteiger partial charge is 0.195 e. The van der Waals surface area contributed by atoms with Crippen molar-refractivity contribution < 1.29 is 0 Å². The van der Waals surface area contributed by atoms with E-state index in [-0.39, 0.29) is 0 Å². The van der Waals surface area contributed by atoms with Crippen LogP contribution < -0.4 is 0 Å². The first kappa shape index (κ1) is 11.5. The molecule has 1 heterocycles. The van der Waals surface area contributed by atoms with E-state index >= 15 is 0 Å². The third kappa shape index (κ3) is 3.56. The topological polar surface area (TPSA) is 0 Å². The first-order valence-corrected chi connectivity index (χ1v) is 9.44. The van der Waals surface area contributed by atoms with Crippen LogP contribution in [0.3, 0.4) is 0 Å². The second-order valence-electron chi connectivity index (χ2n) is 3.54. The lowest BCUT2D eigenvalue weighted by atomic mass is 10.4. The molecule has 0 aliphatic rings. The molecule has 0 amide bonds. The zero-order chi connectivity index (χ0) is 9.84. The summed E-state index contributed by atoms with van der Waals surface area (Å²) in [6.45, 7) is 0. The second kappa shape index (κ2) is 5.32. The van der Waals surface area contributed by atoms with Crippen molar-refractivity contribution >= 4 is 33.1 Å². The minimum Gasteiger partial charge on any atom is -0.143 e. The number of hydrogen-bond acceptors (Lipinski definition) is 1. The van der Waals surface area contributed by atoms with E-state index in [1.807, 2.05) is 11.3 Å². The lowest BCUT2D eigenvalue weighted by Gasteiger charge is -2.09. The Balaban J connectivity index is 2.69. The van der Waals surface area contributed by atoms with Crippen LogP contribution in [-0.2, 0) is 21.8 Å². The van der Waals surface area contributed by atoms with Gasteiger partial charge in [0.1, 0.15) is 0 Å². The summed E-state index contributed by atoms with van der Waals surface area (Å²) in [6.07, 6.45) is 9.40. The van der Waals surface area contributed by atoms with Gasteiger partial charge in [-0.2, -0.15) is 0 Å². The predicted octanol–water partition coefficient (Wildman–Crippen LogP) is 2.55. The zero-order valence-electron chi connectivity index (χ0n) is 8.74. The lowest BCUT2D eigenvalue weighted by molar-refractivity contribution is 1.14. The van der Waals surface area contributed by atoms with Crippen LogP contribution in [-0.4, -0.2) is 30.8 Å². The molecule has 0 saturated heterocycles. The summed E-state index contributed by atoms with van der Waals surface area (Å²) >= 11 is 1.91. The summed E-state index contributed by atoms with van der Waals surface area (Å²) < 4.78 is 0. The van der Waals surface area contributed by atoms with Crippen molar-refractivity contribution in [2.45, 2.75) is 5.25 Å². The molecular weight excluding hydrogens is 216 g/mol. The monoisotopic (exact) mass is 234 g/mol. The molecule has 0 N–H and O–H groups in total. The van der Waals surface area contributed by atoms with Crippen molar-refractivity contribution in [1.29, 1.82) is 0 Å². The van der Waals surface area contributed by atoms with Crippen molar-refractivity contribution in [3.05, 3.63) is 22.4 Å². The smallest absolute Gasteiger partial charge is 0.143 e. The average molecular weight is 234 g/mol. The van der Waals surface area contributed by atoms with Crippen LogP contribution in [0.1, 0.15) is 10.1 Å². The Morgan fingerprint density at radius 1 is 1.31 bits per heavy atom. The summed E-state index contributed by atoms with van der Waals surface area (Å²) in [4.78, 5) is 1.58. The number of thiophene rings is 1. The quantitative estimate of drug-likeness (QED) is 0.703. The van der Waals surface area contributed by atoms with Gasteiger partial charge in [-0.15, -0.1) is 11.3 Å². The second-order valence-corrected chi connectivity index (χ2v) is 9.15. The molecule has 3 heteroatoms. The molecule has 0 fully saturated rings. The average Bonchev–Trinajstić information content (AvgIpc) is 2.50. The first-order valence-electron chi connectivity index (χ1n) is 4.25. The predicted molar refractivity (Wildman–Crippen MR) is 70.4 cm³/mol. The highest BCUT2D eigenvalue weighted by Gasteiger charge is 2.29. The fraction of sp³-hybridized carbons (Fsp3) is 0.600. The van der Waals surface area contributed by atoms with Gasteiger partial charge in [0, 0.05) is 0 Å². The Hall–Kier alpha value is 0.400. The normalized spacial score (nSPS) is 14.0. The van der Waals surface area contributed by atoms with Gasteiger partial charge in [0.05, 0.1) is 29.9 Å². The molecule has 1 aromatic heterocycles. The SMILES string of the molecule is C[S+](C)CC(c1cccs1)[S+](C)C. The Morgan fingerprint density at radius 3 is 2.38 bits per heavy atom. The minimum absolute atomic E-state index is 0.514. The van der Waals surface area contributed by atoms with Gasteiger partial charge < -0.3 is 0 Å². The summed E-state index contributed by atoms with van der Waals surface area (Å²) in [5, 5.41) is 3.00. The zero-order valence-corrected chi connectivity index (χ0v) is 11.2. The molecule has 1 aromatic rings. The molecule has 0 bridgehead atoms. The van der Waals surface area contributed by atoms with Gasteiger partial charge in [0.25, 0.3) is 0 Å². The van der Waals surface area contributed by atoms with Gasteiger partial charge in [0.15, 0.2) is 11.0 Å². The van der Waals surface area contributed by atoms with Crippen molar-refractivity contribution in [2.24, 2.45) is 0 Å². The van der Waals surface area contributed by atoms with Crippen LogP contribution in [0, 0.1) is 0 Å². The fourth-order valence-corrected chi connectivity index (χ4v) is 6.02. The van der Waals surface area contributed by atoms with E-state index < -0.39 is 0 Å². The van der Waals surface area contributed by atoms with Crippen LogP contribution in [0.5, 0.6) is 0 Å². The molecule has 0 aliphatic carbocycles. The molecule has 0 nitrogen and oxygen atoms in total. The highest BCUT2D eigenvalue weighted by atomic mass is 32.2. The minimum atomic E-state index is 0.514. The standard InChI is InChI=1S/C10H18S3/c1-12(2)8-10(13(3)4)9-6-5-7-11-9/h5-7,10H,8H2,1-4H3/q+2. The Bertz CT molecular complexity index is 226. The van der Waals surface area contributed by atoms with Gasteiger partial charge in [0.2, 0.25) is 0 Å². The molecule has 1 unspecified atom stereocenters. The summed E-state index contributed by atoms with van der Waals surface area (Å²) in [7, 11) is 1.08. The highest BCUT2D eigenvalue weighted by Crippen LogP contribution is 2.27. The lowest BCUT2D eigenvalue weighted by Crippen LogP contribution is -2.18. The fourth-order valence-electron chi connectivity index (χ4n) is 1.23. The highest BCUT2D eigenvalue weighted by molar-refractivity contribution is 7.99. The molecule has 1 atom stereocenters. The maximum absolute atomic E-state index is 2.36. The van der Waals surface area contributed by atoms with Crippen molar-refractivity contribution in [1.82, 2.24) is 0 Å². The van der Waals surface area contributed by atoms with E-state index in [1.54, 1.807) is 4.88 Å². The first-order chi connectivity index (χ1) is 6.11. The maximum atomic E-state index is 2.36. The van der Waals surface area contributed by atoms with Crippen LogP contribution in [0.4, 0.5) is 0 Å². The Kier molecular flexibility index (Phi) is 4.70. The molecule has 74 valence electrons. The van der Waals surface area contributed by atoms with E-state index in [1.165, 1.54) is 5.75 Å². The molecule has 13 heavy (non-hydrogen) atoms. The third-order valence-corrected chi connectivity index (χ3v) is 5.82. The number of rotatable bonds is 4. The van der Waals surface area contributed by atoms with Crippen LogP contribution >= 0.6 is 11.3 Å². The molecule has 0 radical (unpaired) electrons. The van der Waals surface area contributed by atoms with E-state index in [0.29, 0.717) is 21.8 Å². The molecule has 0 aliphatic heterocycles. The molecule has 0 aromatic carbocycles. The maximum Gasteiger partial charge on any atom is 0.195 e.